The number of aliphatic hydroxyl groups excluding tert-OH is 2. The molecule has 2 nitrogen and oxygen atoms in total. The predicted octanol–water partition coefficient (Wildman–Crippen LogP) is 0.437. The van der Waals surface area contributed by atoms with Crippen LogP contribution in [0.5, 0.6) is 0 Å². The van der Waals surface area contributed by atoms with Gasteiger partial charge >= 0.3 is 0 Å². The number of thioether (sulfide) groups is 2. The van der Waals surface area contributed by atoms with Crippen molar-refractivity contribution in [3.63, 3.8) is 0 Å². The summed E-state index contributed by atoms with van der Waals surface area (Å²) in [7, 11) is 0. The van der Waals surface area contributed by atoms with Crippen LogP contribution in [0.4, 0.5) is 0 Å². The SMILES string of the molecule is [2H]C([2H])(SCCO)C([2H])([2H])SCCO. The summed E-state index contributed by atoms with van der Waals surface area (Å²) < 4.78 is 29.8. The van der Waals surface area contributed by atoms with Gasteiger partial charge in [-0.3, -0.25) is 0 Å². The minimum absolute atomic E-state index is 0.159. The first-order valence-corrected chi connectivity index (χ1v) is 4.84. The lowest BCUT2D eigenvalue weighted by Gasteiger charge is -1.97. The maximum Gasteiger partial charge on any atom is 0.0521 e. The topological polar surface area (TPSA) is 40.5 Å². The van der Waals surface area contributed by atoms with E-state index in [1.807, 2.05) is 0 Å². The van der Waals surface area contributed by atoms with Crippen LogP contribution in [0.3, 0.4) is 0 Å². The van der Waals surface area contributed by atoms with Crippen LogP contribution in [0.2, 0.25) is 0 Å². The first-order valence-electron chi connectivity index (χ1n) is 4.87. The second kappa shape index (κ2) is 9.62. The van der Waals surface area contributed by atoms with Crippen molar-refractivity contribution in [1.82, 2.24) is 0 Å². The summed E-state index contributed by atoms with van der Waals surface area (Å²) in [6.07, 6.45) is 0. The predicted molar refractivity (Wildman–Crippen MR) is 48.8 cm³/mol. The van der Waals surface area contributed by atoms with Crippen molar-refractivity contribution in [3.05, 3.63) is 0 Å². The first kappa shape index (κ1) is 5.30. The van der Waals surface area contributed by atoms with E-state index in [9.17, 15) is 0 Å². The molecule has 0 aliphatic rings. The van der Waals surface area contributed by atoms with Gasteiger partial charge < -0.3 is 10.2 Å². The van der Waals surface area contributed by atoms with Gasteiger partial charge in [0.2, 0.25) is 0 Å². The Balaban J connectivity index is 4.20. The van der Waals surface area contributed by atoms with Gasteiger partial charge in [-0.15, -0.1) is 0 Å². The molecule has 0 aliphatic heterocycles. The molecule has 0 saturated carbocycles. The van der Waals surface area contributed by atoms with E-state index in [-0.39, 0.29) is 24.7 Å². The highest BCUT2D eigenvalue weighted by molar-refractivity contribution is 8.02. The largest absolute Gasteiger partial charge is 0.396 e. The number of rotatable bonds is 7. The molecule has 0 amide bonds. The van der Waals surface area contributed by atoms with Crippen LogP contribution >= 0.6 is 23.5 Å². The third-order valence-corrected chi connectivity index (χ3v) is 1.97. The Bertz CT molecular complexity index is 150. The molecule has 0 unspecified atom stereocenters. The molecular formula is C6H14O2S2. The zero-order chi connectivity index (χ0) is 11.2. The van der Waals surface area contributed by atoms with Crippen molar-refractivity contribution < 1.29 is 15.7 Å². The molecule has 0 radical (unpaired) electrons. The van der Waals surface area contributed by atoms with Gasteiger partial charge in [-0.05, 0) is 0 Å². The van der Waals surface area contributed by atoms with Gasteiger partial charge in [-0.25, -0.2) is 0 Å². The first-order chi connectivity index (χ1) is 6.37. The fraction of sp³-hybridized carbons (Fsp3) is 1.00. The summed E-state index contributed by atoms with van der Waals surface area (Å²) in [4.78, 5) is 0. The molecule has 0 rings (SSSR count). The maximum atomic E-state index is 8.51. The lowest BCUT2D eigenvalue weighted by atomic mass is 10.9. The Morgan fingerprint density at radius 3 is 1.70 bits per heavy atom. The fourth-order valence-corrected chi connectivity index (χ4v) is 1.11. The lowest BCUT2D eigenvalue weighted by molar-refractivity contribution is 0.322. The van der Waals surface area contributed by atoms with E-state index in [0.717, 1.165) is 23.5 Å². The van der Waals surface area contributed by atoms with E-state index in [2.05, 4.69) is 0 Å². The summed E-state index contributed by atoms with van der Waals surface area (Å²) in [5.41, 5.74) is -4.12. The average Bonchev–Trinajstić information content (AvgIpc) is 2.11. The Kier molecular flexibility index (Phi) is 5.10. The van der Waals surface area contributed by atoms with Crippen molar-refractivity contribution in [2.24, 2.45) is 0 Å². The minimum Gasteiger partial charge on any atom is -0.396 e. The Morgan fingerprint density at radius 1 is 1.00 bits per heavy atom. The molecule has 0 aromatic rings. The van der Waals surface area contributed by atoms with E-state index in [1.54, 1.807) is 0 Å². The summed E-state index contributed by atoms with van der Waals surface area (Å²) >= 11 is 1.48. The lowest BCUT2D eigenvalue weighted by Crippen LogP contribution is -1.93. The van der Waals surface area contributed by atoms with Crippen LogP contribution in [0.1, 0.15) is 5.48 Å². The van der Waals surface area contributed by atoms with E-state index >= 15 is 0 Å². The van der Waals surface area contributed by atoms with Crippen molar-refractivity contribution in [2.75, 3.05) is 36.1 Å². The summed E-state index contributed by atoms with van der Waals surface area (Å²) in [5, 5.41) is 17.0. The molecule has 0 saturated heterocycles. The number of hydrogen-bond donors (Lipinski definition) is 2. The average molecular weight is 186 g/mol. The van der Waals surface area contributed by atoms with Crippen LogP contribution in [0.25, 0.3) is 0 Å². The van der Waals surface area contributed by atoms with Gasteiger partial charge in [-0.1, -0.05) is 0 Å². The molecule has 0 aromatic heterocycles. The molecule has 0 aliphatic carbocycles. The van der Waals surface area contributed by atoms with Crippen molar-refractivity contribution in [3.8, 4) is 0 Å². The molecule has 2 N–H and O–H groups in total. The van der Waals surface area contributed by atoms with Crippen molar-refractivity contribution in [2.45, 2.75) is 0 Å². The van der Waals surface area contributed by atoms with Gasteiger partial charge in [-0.2, -0.15) is 23.5 Å². The van der Waals surface area contributed by atoms with E-state index < -0.39 is 11.4 Å². The summed E-state index contributed by atoms with van der Waals surface area (Å²) in [5.74, 6) is 0.318. The molecule has 0 fully saturated rings. The molecule has 62 valence electrons. The Labute approximate surface area is 76.0 Å². The van der Waals surface area contributed by atoms with Gasteiger partial charge in [0.05, 0.1) is 13.2 Å². The minimum atomic E-state index is -2.06. The van der Waals surface area contributed by atoms with Gasteiger partial charge in [0.15, 0.2) is 0 Å². The van der Waals surface area contributed by atoms with Crippen LogP contribution < -0.4 is 0 Å². The smallest absolute Gasteiger partial charge is 0.0521 e. The molecule has 0 bridgehead atoms. The monoisotopic (exact) mass is 186 g/mol. The summed E-state index contributed by atoms with van der Waals surface area (Å²) in [6, 6.07) is 0. The van der Waals surface area contributed by atoms with Crippen LogP contribution in [0, 0.1) is 0 Å². The highest BCUT2D eigenvalue weighted by atomic mass is 32.2. The van der Waals surface area contributed by atoms with Crippen LogP contribution in [-0.2, 0) is 0 Å². The normalized spacial score (nSPS) is 19.0. The second-order valence-electron chi connectivity index (χ2n) is 1.35. The van der Waals surface area contributed by atoms with E-state index in [1.165, 1.54) is 0 Å². The zero-order valence-electron chi connectivity index (χ0n) is 9.54. The van der Waals surface area contributed by atoms with E-state index in [0.29, 0.717) is 0 Å². The molecule has 0 heterocycles. The van der Waals surface area contributed by atoms with Crippen molar-refractivity contribution in [1.29, 1.82) is 0 Å². The van der Waals surface area contributed by atoms with Gasteiger partial charge in [0.25, 0.3) is 0 Å². The Morgan fingerprint density at radius 2 is 1.40 bits per heavy atom. The summed E-state index contributed by atoms with van der Waals surface area (Å²) in [6.45, 7) is -0.351. The van der Waals surface area contributed by atoms with E-state index in [4.69, 9.17) is 15.7 Å². The highest BCUT2D eigenvalue weighted by Gasteiger charge is 1.88. The number of hydrogen-bond acceptors (Lipinski definition) is 4. The number of aliphatic hydroxyl groups is 2. The molecule has 10 heavy (non-hydrogen) atoms. The zero-order valence-corrected chi connectivity index (χ0v) is 7.17. The molecule has 0 aromatic carbocycles. The Hall–Kier alpha value is 0.620. The quantitative estimate of drug-likeness (QED) is 0.605. The third kappa shape index (κ3) is 8.62. The van der Waals surface area contributed by atoms with Gasteiger partial charge in [0, 0.05) is 28.4 Å². The molecule has 0 atom stereocenters. The highest BCUT2D eigenvalue weighted by Crippen LogP contribution is 2.05. The fourth-order valence-electron chi connectivity index (χ4n) is 0.252. The standard InChI is InChI=1S/C6H14O2S2/c7-1-3-9-5-6-10-4-2-8/h7-8H,1-6H2/i5D2,6D2. The van der Waals surface area contributed by atoms with Gasteiger partial charge in [0.1, 0.15) is 0 Å². The third-order valence-electron chi connectivity index (χ3n) is 0.573. The molecular weight excluding hydrogens is 168 g/mol. The molecule has 4 heteroatoms. The maximum absolute atomic E-state index is 8.51. The van der Waals surface area contributed by atoms with Crippen LogP contribution in [-0.4, -0.2) is 46.3 Å². The molecule has 0 spiro atoms. The second-order valence-corrected chi connectivity index (χ2v) is 3.15. The van der Waals surface area contributed by atoms with Crippen molar-refractivity contribution >= 4 is 23.5 Å². The van der Waals surface area contributed by atoms with Crippen LogP contribution in [0.15, 0.2) is 0 Å².